The summed E-state index contributed by atoms with van der Waals surface area (Å²) < 4.78 is 5.42. The number of carbonyl (C=O) groups excluding carboxylic acids is 2. The highest BCUT2D eigenvalue weighted by molar-refractivity contribution is 5.88. The van der Waals surface area contributed by atoms with Crippen LogP contribution in [0.3, 0.4) is 0 Å². The molecule has 2 N–H and O–H groups in total. The molecule has 6 heteroatoms. The van der Waals surface area contributed by atoms with Gasteiger partial charge in [-0.15, -0.1) is 0 Å². The van der Waals surface area contributed by atoms with Gasteiger partial charge in [-0.05, 0) is 18.6 Å². The Balaban J connectivity index is 1.62. The van der Waals surface area contributed by atoms with Gasteiger partial charge in [-0.25, -0.2) is 0 Å². The molecule has 1 aliphatic rings. The van der Waals surface area contributed by atoms with Gasteiger partial charge in [-0.1, -0.05) is 48.0 Å². The number of benzene rings is 2. The fraction of sp³-hybridized carbons (Fsp3) is 0.364. The number of hydrogen-bond acceptors (Lipinski definition) is 4. The lowest BCUT2D eigenvalue weighted by atomic mass is 10.1. The molecule has 6 nitrogen and oxygen atoms in total. The predicted molar refractivity (Wildman–Crippen MR) is 108 cm³/mol. The molecular formula is C22H27N3O3. The number of methoxy groups -OCH3 is 1. The first-order valence-corrected chi connectivity index (χ1v) is 9.52. The Morgan fingerprint density at radius 1 is 1.21 bits per heavy atom. The van der Waals surface area contributed by atoms with E-state index < -0.39 is 6.04 Å². The SMILES string of the molecule is COc1ccccc1CN1CCNC(=O)[C@@H]1CC(=O)NCc1ccc(C)cc1. The van der Waals surface area contributed by atoms with Crippen molar-refractivity contribution in [1.29, 1.82) is 0 Å². The van der Waals surface area contributed by atoms with E-state index in [2.05, 4.69) is 10.6 Å². The number of amides is 2. The van der Waals surface area contributed by atoms with Crippen molar-refractivity contribution in [3.8, 4) is 5.75 Å². The summed E-state index contributed by atoms with van der Waals surface area (Å²) in [5, 5.41) is 5.79. The molecule has 0 aliphatic carbocycles. The second-order valence-electron chi connectivity index (χ2n) is 7.06. The number of rotatable bonds is 7. The predicted octanol–water partition coefficient (Wildman–Crippen LogP) is 2.01. The monoisotopic (exact) mass is 381 g/mol. The van der Waals surface area contributed by atoms with Crippen LogP contribution in [0.5, 0.6) is 5.75 Å². The van der Waals surface area contributed by atoms with Crippen molar-refractivity contribution in [3.63, 3.8) is 0 Å². The minimum absolute atomic E-state index is 0.105. The number of piperazine rings is 1. The molecule has 0 unspecified atom stereocenters. The van der Waals surface area contributed by atoms with E-state index in [1.165, 1.54) is 5.56 Å². The third-order valence-corrected chi connectivity index (χ3v) is 5.00. The van der Waals surface area contributed by atoms with Crippen molar-refractivity contribution in [2.24, 2.45) is 0 Å². The Labute approximate surface area is 165 Å². The first-order valence-electron chi connectivity index (χ1n) is 9.52. The van der Waals surface area contributed by atoms with Gasteiger partial charge in [0.25, 0.3) is 0 Å². The highest BCUT2D eigenvalue weighted by Crippen LogP contribution is 2.22. The molecular weight excluding hydrogens is 354 g/mol. The Morgan fingerprint density at radius 3 is 2.71 bits per heavy atom. The lowest BCUT2D eigenvalue weighted by Crippen LogP contribution is -2.56. The third-order valence-electron chi connectivity index (χ3n) is 5.00. The average Bonchev–Trinajstić information content (AvgIpc) is 2.70. The maximum absolute atomic E-state index is 12.5. The van der Waals surface area contributed by atoms with Crippen LogP contribution in [0.1, 0.15) is 23.1 Å². The van der Waals surface area contributed by atoms with E-state index in [9.17, 15) is 9.59 Å². The molecule has 1 heterocycles. The molecule has 1 aliphatic heterocycles. The van der Waals surface area contributed by atoms with Gasteiger partial charge in [0.15, 0.2) is 0 Å². The van der Waals surface area contributed by atoms with Gasteiger partial charge in [-0.2, -0.15) is 0 Å². The normalized spacial score (nSPS) is 17.1. The summed E-state index contributed by atoms with van der Waals surface area (Å²) >= 11 is 0. The molecule has 2 amide bonds. The minimum Gasteiger partial charge on any atom is -0.496 e. The van der Waals surface area contributed by atoms with Crippen molar-refractivity contribution in [1.82, 2.24) is 15.5 Å². The molecule has 0 saturated carbocycles. The number of ether oxygens (including phenoxy) is 1. The van der Waals surface area contributed by atoms with Crippen LogP contribution in [0, 0.1) is 6.92 Å². The Hall–Kier alpha value is -2.86. The molecule has 1 atom stereocenters. The highest BCUT2D eigenvalue weighted by Gasteiger charge is 2.31. The minimum atomic E-state index is -0.489. The van der Waals surface area contributed by atoms with Crippen LogP contribution < -0.4 is 15.4 Å². The summed E-state index contributed by atoms with van der Waals surface area (Å²) in [6.45, 7) is 4.32. The number of aryl methyl sites for hydroxylation is 1. The second-order valence-corrected chi connectivity index (χ2v) is 7.06. The molecule has 28 heavy (non-hydrogen) atoms. The van der Waals surface area contributed by atoms with Gasteiger partial charge in [0, 0.05) is 31.7 Å². The maximum Gasteiger partial charge on any atom is 0.237 e. The van der Waals surface area contributed by atoms with E-state index in [1.54, 1.807) is 7.11 Å². The average molecular weight is 381 g/mol. The lowest BCUT2D eigenvalue weighted by Gasteiger charge is -2.35. The van der Waals surface area contributed by atoms with E-state index in [-0.39, 0.29) is 18.2 Å². The van der Waals surface area contributed by atoms with Gasteiger partial charge in [0.1, 0.15) is 5.75 Å². The van der Waals surface area contributed by atoms with E-state index in [0.717, 1.165) is 16.9 Å². The van der Waals surface area contributed by atoms with Crippen molar-refractivity contribution in [2.45, 2.75) is 32.5 Å². The standard InChI is InChI=1S/C22H27N3O3/c1-16-7-9-17(10-8-16)14-24-21(26)13-19-22(27)23-11-12-25(19)15-18-5-3-4-6-20(18)28-2/h3-10,19H,11-15H2,1-2H3,(H,23,27)(H,24,26)/t19-/m0/s1. The van der Waals surface area contributed by atoms with Gasteiger partial charge >= 0.3 is 0 Å². The summed E-state index contributed by atoms with van der Waals surface area (Å²) in [6, 6.07) is 15.3. The Bertz CT molecular complexity index is 820. The van der Waals surface area contributed by atoms with Crippen LogP contribution in [0.4, 0.5) is 0 Å². The molecule has 0 spiro atoms. The summed E-state index contributed by atoms with van der Waals surface area (Å²) in [4.78, 5) is 27.0. The molecule has 0 bridgehead atoms. The molecule has 1 saturated heterocycles. The van der Waals surface area contributed by atoms with Crippen LogP contribution >= 0.6 is 0 Å². The largest absolute Gasteiger partial charge is 0.496 e. The third kappa shape index (κ3) is 5.10. The van der Waals surface area contributed by atoms with Crippen molar-refractivity contribution < 1.29 is 14.3 Å². The molecule has 0 radical (unpaired) electrons. The molecule has 0 aromatic heterocycles. The zero-order valence-electron chi connectivity index (χ0n) is 16.4. The quantitative estimate of drug-likeness (QED) is 0.770. The number of carbonyl (C=O) groups is 2. The zero-order valence-corrected chi connectivity index (χ0v) is 16.4. The van der Waals surface area contributed by atoms with E-state index in [1.807, 2.05) is 60.4 Å². The van der Waals surface area contributed by atoms with Crippen molar-refractivity contribution >= 4 is 11.8 Å². The first kappa shape index (κ1) is 19.9. The lowest BCUT2D eigenvalue weighted by molar-refractivity contribution is -0.134. The molecule has 3 rings (SSSR count). The first-order chi connectivity index (χ1) is 13.6. The molecule has 2 aromatic carbocycles. The van der Waals surface area contributed by atoms with Gasteiger partial charge in [-0.3, -0.25) is 14.5 Å². The number of para-hydroxylation sites is 1. The van der Waals surface area contributed by atoms with Crippen molar-refractivity contribution in [3.05, 3.63) is 65.2 Å². The van der Waals surface area contributed by atoms with Crippen LogP contribution in [-0.2, 0) is 22.7 Å². The topological polar surface area (TPSA) is 70.7 Å². The van der Waals surface area contributed by atoms with E-state index in [4.69, 9.17) is 4.74 Å². The molecule has 148 valence electrons. The summed E-state index contributed by atoms with van der Waals surface area (Å²) in [6.07, 6.45) is 0.132. The Kier molecular flexibility index (Phi) is 6.66. The van der Waals surface area contributed by atoms with Gasteiger partial charge < -0.3 is 15.4 Å². The summed E-state index contributed by atoms with van der Waals surface area (Å²) in [5.41, 5.74) is 3.23. The van der Waals surface area contributed by atoms with Gasteiger partial charge in [0.05, 0.1) is 19.6 Å². The zero-order chi connectivity index (χ0) is 19.9. The molecule has 2 aromatic rings. The summed E-state index contributed by atoms with van der Waals surface area (Å²) in [7, 11) is 1.64. The fourth-order valence-corrected chi connectivity index (χ4v) is 3.38. The van der Waals surface area contributed by atoms with Crippen LogP contribution in [-0.4, -0.2) is 43.0 Å². The van der Waals surface area contributed by atoms with Gasteiger partial charge in [0.2, 0.25) is 11.8 Å². The van der Waals surface area contributed by atoms with Crippen LogP contribution in [0.25, 0.3) is 0 Å². The second kappa shape index (κ2) is 9.37. The Morgan fingerprint density at radius 2 is 1.96 bits per heavy atom. The van der Waals surface area contributed by atoms with Crippen molar-refractivity contribution in [2.75, 3.05) is 20.2 Å². The number of nitrogens with zero attached hydrogens (tertiary/aromatic N) is 1. The smallest absolute Gasteiger partial charge is 0.237 e. The number of hydrogen-bond donors (Lipinski definition) is 2. The maximum atomic E-state index is 12.5. The van der Waals surface area contributed by atoms with E-state index in [0.29, 0.717) is 26.2 Å². The molecule has 1 fully saturated rings. The van der Waals surface area contributed by atoms with Crippen LogP contribution in [0.15, 0.2) is 48.5 Å². The highest BCUT2D eigenvalue weighted by atomic mass is 16.5. The van der Waals surface area contributed by atoms with E-state index >= 15 is 0 Å². The fourth-order valence-electron chi connectivity index (χ4n) is 3.38. The summed E-state index contributed by atoms with van der Waals surface area (Å²) in [5.74, 6) is 0.551. The van der Waals surface area contributed by atoms with Crippen LogP contribution in [0.2, 0.25) is 0 Å². The number of nitrogens with one attached hydrogen (secondary N) is 2.